The minimum Gasteiger partial charge on any atom is -0.424 e. The normalized spacial score (nSPS) is 17.4. The molecule has 0 fully saturated rings. The largest absolute Gasteiger partial charge is 0.424 e. The fourth-order valence-electron chi connectivity index (χ4n) is 2.54. The second-order valence-electron chi connectivity index (χ2n) is 5.86. The standard InChI is InChI=1S/C18H30O3/c1-2-3-4-5-6-7-8-9-10-11-12-16(19)15-17-13-14-18(20)21-17/h13-16,19H,2-12H2,1H3. The molecule has 120 valence electrons. The molecule has 0 saturated heterocycles. The number of carbonyl (C=O) groups is 1. The summed E-state index contributed by atoms with van der Waals surface area (Å²) >= 11 is 0. The van der Waals surface area contributed by atoms with Gasteiger partial charge in [-0.05, 0) is 18.6 Å². The van der Waals surface area contributed by atoms with Crippen molar-refractivity contribution in [3.8, 4) is 0 Å². The second kappa shape index (κ2) is 11.6. The van der Waals surface area contributed by atoms with E-state index in [0.29, 0.717) is 5.76 Å². The highest BCUT2D eigenvalue weighted by molar-refractivity contribution is 5.86. The lowest BCUT2D eigenvalue weighted by Crippen LogP contribution is -2.04. The number of hydrogen-bond acceptors (Lipinski definition) is 3. The molecule has 0 aromatic rings. The zero-order chi connectivity index (χ0) is 15.3. The van der Waals surface area contributed by atoms with Gasteiger partial charge in [-0.15, -0.1) is 0 Å². The molecular weight excluding hydrogens is 264 g/mol. The van der Waals surface area contributed by atoms with E-state index in [1.165, 1.54) is 63.9 Å². The van der Waals surface area contributed by atoms with E-state index in [0.717, 1.165) is 12.8 Å². The van der Waals surface area contributed by atoms with Crippen molar-refractivity contribution in [2.45, 2.75) is 83.7 Å². The van der Waals surface area contributed by atoms with Gasteiger partial charge in [-0.2, -0.15) is 0 Å². The molecule has 0 bridgehead atoms. The maximum Gasteiger partial charge on any atom is 0.336 e. The van der Waals surface area contributed by atoms with Crippen LogP contribution in [0.4, 0.5) is 0 Å². The summed E-state index contributed by atoms with van der Waals surface area (Å²) in [4.78, 5) is 10.8. The summed E-state index contributed by atoms with van der Waals surface area (Å²) in [5, 5.41) is 9.82. The first-order valence-corrected chi connectivity index (χ1v) is 8.52. The van der Waals surface area contributed by atoms with Crippen LogP contribution in [0.5, 0.6) is 0 Å². The first-order valence-electron chi connectivity index (χ1n) is 8.52. The van der Waals surface area contributed by atoms with Crippen molar-refractivity contribution in [1.82, 2.24) is 0 Å². The van der Waals surface area contributed by atoms with Gasteiger partial charge in [0.15, 0.2) is 0 Å². The molecule has 1 unspecified atom stereocenters. The third kappa shape index (κ3) is 9.46. The number of hydrogen-bond donors (Lipinski definition) is 1. The first-order chi connectivity index (χ1) is 10.2. The van der Waals surface area contributed by atoms with Crippen LogP contribution in [-0.4, -0.2) is 17.2 Å². The number of esters is 1. The average molecular weight is 294 g/mol. The summed E-state index contributed by atoms with van der Waals surface area (Å²) < 4.78 is 4.88. The van der Waals surface area contributed by atoms with Crippen LogP contribution in [-0.2, 0) is 9.53 Å². The maximum absolute atomic E-state index is 10.8. The number of rotatable bonds is 12. The van der Waals surface area contributed by atoms with Crippen LogP contribution in [0, 0.1) is 0 Å². The summed E-state index contributed by atoms with van der Waals surface area (Å²) in [6.45, 7) is 2.25. The van der Waals surface area contributed by atoms with Gasteiger partial charge in [0.1, 0.15) is 5.76 Å². The van der Waals surface area contributed by atoms with Crippen molar-refractivity contribution in [2.75, 3.05) is 0 Å². The summed E-state index contributed by atoms with van der Waals surface area (Å²) in [5.41, 5.74) is 0. The Morgan fingerprint density at radius 3 is 2.10 bits per heavy atom. The zero-order valence-electron chi connectivity index (χ0n) is 13.4. The highest BCUT2D eigenvalue weighted by Gasteiger charge is 2.11. The molecular formula is C18H30O3. The Bertz CT molecular complexity index is 344. The molecule has 1 rings (SSSR count). The Balaban J connectivity index is 1.90. The van der Waals surface area contributed by atoms with Crippen molar-refractivity contribution in [2.24, 2.45) is 0 Å². The Kier molecular flexibility index (Phi) is 9.88. The number of unbranched alkanes of at least 4 members (excludes halogenated alkanes) is 9. The van der Waals surface area contributed by atoms with Crippen LogP contribution < -0.4 is 0 Å². The summed E-state index contributed by atoms with van der Waals surface area (Å²) in [6.07, 6.45) is 17.8. The molecule has 0 radical (unpaired) electrons. The Hall–Kier alpha value is -1.09. The number of ether oxygens (including phenoxy) is 1. The molecule has 1 N–H and O–H groups in total. The zero-order valence-corrected chi connectivity index (χ0v) is 13.4. The molecule has 3 heteroatoms. The van der Waals surface area contributed by atoms with Gasteiger partial charge >= 0.3 is 5.97 Å². The number of allylic oxidation sites excluding steroid dienone is 1. The third-order valence-corrected chi connectivity index (χ3v) is 3.81. The van der Waals surface area contributed by atoms with Crippen molar-refractivity contribution < 1.29 is 14.6 Å². The molecule has 3 nitrogen and oxygen atoms in total. The highest BCUT2D eigenvalue weighted by atomic mass is 16.5. The van der Waals surface area contributed by atoms with Crippen molar-refractivity contribution >= 4 is 5.97 Å². The molecule has 1 atom stereocenters. The van der Waals surface area contributed by atoms with Gasteiger partial charge in [0.2, 0.25) is 0 Å². The molecule has 0 amide bonds. The molecule has 21 heavy (non-hydrogen) atoms. The van der Waals surface area contributed by atoms with Crippen LogP contribution in [0.2, 0.25) is 0 Å². The number of aliphatic hydroxyl groups excluding tert-OH is 1. The highest BCUT2D eigenvalue weighted by Crippen LogP contribution is 2.14. The molecule has 1 aliphatic rings. The molecule has 0 aromatic carbocycles. The van der Waals surface area contributed by atoms with Gasteiger partial charge in [0, 0.05) is 6.08 Å². The van der Waals surface area contributed by atoms with Crippen LogP contribution in [0.15, 0.2) is 24.0 Å². The number of carbonyl (C=O) groups excluding carboxylic acids is 1. The van der Waals surface area contributed by atoms with Crippen molar-refractivity contribution in [3.63, 3.8) is 0 Å². The summed E-state index contributed by atoms with van der Waals surface area (Å²) in [7, 11) is 0. The van der Waals surface area contributed by atoms with E-state index < -0.39 is 6.10 Å². The number of cyclic esters (lactones) is 1. The molecule has 1 aliphatic heterocycles. The Labute approximate surface area is 129 Å². The third-order valence-electron chi connectivity index (χ3n) is 3.81. The summed E-state index contributed by atoms with van der Waals surface area (Å²) in [6, 6.07) is 0. The Morgan fingerprint density at radius 2 is 1.57 bits per heavy atom. The lowest BCUT2D eigenvalue weighted by molar-refractivity contribution is -0.132. The second-order valence-corrected chi connectivity index (χ2v) is 5.86. The number of aliphatic hydroxyl groups is 1. The first kappa shape index (κ1) is 18.0. The predicted octanol–water partition coefficient (Wildman–Crippen LogP) is 4.66. The van der Waals surface area contributed by atoms with E-state index in [2.05, 4.69) is 6.92 Å². The lowest BCUT2D eigenvalue weighted by Gasteiger charge is -2.06. The minimum atomic E-state index is -0.510. The molecule has 0 spiro atoms. The SMILES string of the molecule is CCCCCCCCCCCCC(O)C=C1C=CC(=O)O1. The predicted molar refractivity (Wildman–Crippen MR) is 85.8 cm³/mol. The van der Waals surface area contributed by atoms with Crippen LogP contribution in [0.3, 0.4) is 0 Å². The van der Waals surface area contributed by atoms with Gasteiger partial charge in [-0.1, -0.05) is 71.1 Å². The quantitative estimate of drug-likeness (QED) is 0.421. The average Bonchev–Trinajstić information content (AvgIpc) is 2.86. The van der Waals surface area contributed by atoms with Gasteiger partial charge in [0.05, 0.1) is 6.10 Å². The van der Waals surface area contributed by atoms with Crippen LogP contribution >= 0.6 is 0 Å². The van der Waals surface area contributed by atoms with E-state index in [1.807, 2.05) is 0 Å². The van der Waals surface area contributed by atoms with E-state index >= 15 is 0 Å². The monoisotopic (exact) mass is 294 g/mol. The summed E-state index contributed by atoms with van der Waals surface area (Å²) in [5.74, 6) is 0.118. The molecule has 0 aliphatic carbocycles. The topological polar surface area (TPSA) is 46.5 Å². The Morgan fingerprint density at radius 1 is 1.00 bits per heavy atom. The van der Waals surface area contributed by atoms with Crippen LogP contribution in [0.1, 0.15) is 77.6 Å². The fraction of sp³-hybridized carbons (Fsp3) is 0.722. The minimum absolute atomic E-state index is 0.354. The van der Waals surface area contributed by atoms with E-state index in [4.69, 9.17) is 4.74 Å². The maximum atomic E-state index is 10.8. The smallest absolute Gasteiger partial charge is 0.336 e. The fourth-order valence-corrected chi connectivity index (χ4v) is 2.54. The lowest BCUT2D eigenvalue weighted by atomic mass is 10.0. The van der Waals surface area contributed by atoms with Gasteiger partial charge in [-0.25, -0.2) is 4.79 Å². The van der Waals surface area contributed by atoms with Gasteiger partial charge in [0.25, 0.3) is 0 Å². The van der Waals surface area contributed by atoms with E-state index in [9.17, 15) is 9.90 Å². The van der Waals surface area contributed by atoms with E-state index in [1.54, 1.807) is 12.2 Å². The van der Waals surface area contributed by atoms with Crippen molar-refractivity contribution in [3.05, 3.63) is 24.0 Å². The molecule has 0 saturated carbocycles. The van der Waals surface area contributed by atoms with Gasteiger partial charge in [-0.3, -0.25) is 0 Å². The molecule has 1 heterocycles. The molecule has 0 aromatic heterocycles. The van der Waals surface area contributed by atoms with Crippen LogP contribution in [0.25, 0.3) is 0 Å². The van der Waals surface area contributed by atoms with E-state index in [-0.39, 0.29) is 5.97 Å². The van der Waals surface area contributed by atoms with Gasteiger partial charge < -0.3 is 9.84 Å². The van der Waals surface area contributed by atoms with Crippen molar-refractivity contribution in [1.29, 1.82) is 0 Å².